The van der Waals surface area contributed by atoms with Crippen LogP contribution in [0, 0.1) is 0 Å². The highest BCUT2D eigenvalue weighted by Crippen LogP contribution is 2.11. The second-order valence-corrected chi connectivity index (χ2v) is 4.59. The Bertz CT molecular complexity index is 691. The van der Waals surface area contributed by atoms with Crippen LogP contribution in [-0.2, 0) is 19.6 Å². The molecule has 108 valence electrons. The second-order valence-electron chi connectivity index (χ2n) is 4.59. The molecule has 3 rings (SSSR count). The lowest BCUT2D eigenvalue weighted by molar-refractivity contribution is 0.242. The van der Waals surface area contributed by atoms with Crippen molar-refractivity contribution in [1.29, 1.82) is 0 Å². The molecule has 0 N–H and O–H groups in total. The quantitative estimate of drug-likeness (QED) is 0.695. The molecule has 21 heavy (non-hydrogen) atoms. The van der Waals surface area contributed by atoms with Gasteiger partial charge < -0.3 is 9.26 Å². The standard InChI is InChI=1S/C15H16N4O2/c1-2-19-10-13(9-16-19)20-11-15-17-14(18-21-15)8-12-6-4-3-5-7-12/h3-7,9-10H,2,8,11H2,1H3. The Morgan fingerprint density at radius 1 is 1.24 bits per heavy atom. The van der Waals surface area contributed by atoms with Gasteiger partial charge >= 0.3 is 0 Å². The smallest absolute Gasteiger partial charge is 0.264 e. The van der Waals surface area contributed by atoms with Crippen molar-refractivity contribution in [2.45, 2.75) is 26.5 Å². The zero-order chi connectivity index (χ0) is 14.5. The van der Waals surface area contributed by atoms with Gasteiger partial charge in [-0.2, -0.15) is 10.1 Å². The van der Waals surface area contributed by atoms with Gasteiger partial charge in [0.2, 0.25) is 0 Å². The Balaban J connectivity index is 1.57. The molecule has 0 bridgehead atoms. The molecule has 0 aliphatic carbocycles. The minimum absolute atomic E-state index is 0.247. The van der Waals surface area contributed by atoms with Crippen molar-refractivity contribution in [1.82, 2.24) is 19.9 Å². The highest BCUT2D eigenvalue weighted by atomic mass is 16.5. The molecule has 0 saturated carbocycles. The average Bonchev–Trinajstić information content (AvgIpc) is 3.15. The molecule has 0 fully saturated rings. The van der Waals surface area contributed by atoms with E-state index in [2.05, 4.69) is 15.2 Å². The summed E-state index contributed by atoms with van der Waals surface area (Å²) in [4.78, 5) is 4.32. The van der Waals surface area contributed by atoms with E-state index in [1.165, 1.54) is 0 Å². The predicted octanol–water partition coefficient (Wildman–Crippen LogP) is 2.46. The highest BCUT2D eigenvalue weighted by molar-refractivity contribution is 5.18. The summed E-state index contributed by atoms with van der Waals surface area (Å²) in [5.74, 6) is 1.81. The molecule has 0 aliphatic rings. The van der Waals surface area contributed by atoms with Crippen molar-refractivity contribution < 1.29 is 9.26 Å². The van der Waals surface area contributed by atoms with Crippen LogP contribution < -0.4 is 4.74 Å². The summed E-state index contributed by atoms with van der Waals surface area (Å²) in [5.41, 5.74) is 1.15. The van der Waals surface area contributed by atoms with E-state index in [1.54, 1.807) is 10.9 Å². The number of aromatic nitrogens is 4. The molecule has 0 amide bonds. The molecule has 0 saturated heterocycles. The first-order valence-electron chi connectivity index (χ1n) is 6.84. The molecule has 6 nitrogen and oxygen atoms in total. The van der Waals surface area contributed by atoms with Crippen molar-refractivity contribution in [3.63, 3.8) is 0 Å². The number of hydrogen-bond donors (Lipinski definition) is 0. The van der Waals surface area contributed by atoms with Crippen molar-refractivity contribution in [2.24, 2.45) is 0 Å². The summed E-state index contributed by atoms with van der Waals surface area (Å²) < 4.78 is 12.5. The zero-order valence-corrected chi connectivity index (χ0v) is 11.8. The van der Waals surface area contributed by atoms with E-state index >= 15 is 0 Å². The Morgan fingerprint density at radius 2 is 2.10 bits per heavy atom. The van der Waals surface area contributed by atoms with Gasteiger partial charge in [0.15, 0.2) is 18.2 Å². The van der Waals surface area contributed by atoms with Crippen LogP contribution in [0.5, 0.6) is 5.75 Å². The van der Waals surface area contributed by atoms with Gasteiger partial charge in [0.25, 0.3) is 5.89 Å². The Morgan fingerprint density at radius 3 is 2.86 bits per heavy atom. The molecule has 2 aromatic heterocycles. The highest BCUT2D eigenvalue weighted by Gasteiger charge is 2.08. The third kappa shape index (κ3) is 3.47. The summed E-state index contributed by atoms with van der Waals surface area (Å²) in [6, 6.07) is 10.0. The zero-order valence-electron chi connectivity index (χ0n) is 11.8. The fourth-order valence-electron chi connectivity index (χ4n) is 1.94. The van der Waals surface area contributed by atoms with E-state index in [0.717, 1.165) is 12.1 Å². The van der Waals surface area contributed by atoms with Crippen LogP contribution in [0.3, 0.4) is 0 Å². The molecular weight excluding hydrogens is 268 g/mol. The van der Waals surface area contributed by atoms with Crippen LogP contribution in [0.2, 0.25) is 0 Å². The fraction of sp³-hybridized carbons (Fsp3) is 0.267. The van der Waals surface area contributed by atoms with Gasteiger partial charge in [0.05, 0.1) is 12.4 Å². The monoisotopic (exact) mass is 284 g/mol. The molecular formula is C15H16N4O2. The maximum absolute atomic E-state index is 5.56. The van der Waals surface area contributed by atoms with Gasteiger partial charge in [-0.3, -0.25) is 4.68 Å². The van der Waals surface area contributed by atoms with E-state index in [9.17, 15) is 0 Å². The first-order valence-corrected chi connectivity index (χ1v) is 6.84. The summed E-state index contributed by atoms with van der Waals surface area (Å²) in [7, 11) is 0. The van der Waals surface area contributed by atoms with E-state index < -0.39 is 0 Å². The van der Waals surface area contributed by atoms with Crippen LogP contribution in [0.4, 0.5) is 0 Å². The fourth-order valence-corrected chi connectivity index (χ4v) is 1.94. The predicted molar refractivity (Wildman–Crippen MR) is 75.8 cm³/mol. The number of benzene rings is 1. The van der Waals surface area contributed by atoms with E-state index in [4.69, 9.17) is 9.26 Å². The maximum atomic E-state index is 5.56. The lowest BCUT2D eigenvalue weighted by atomic mass is 10.1. The van der Waals surface area contributed by atoms with Crippen LogP contribution in [0.1, 0.15) is 24.2 Å². The molecule has 0 radical (unpaired) electrons. The second kappa shape index (κ2) is 6.21. The molecule has 6 heteroatoms. The third-order valence-electron chi connectivity index (χ3n) is 3.01. The van der Waals surface area contributed by atoms with Gasteiger partial charge in [-0.05, 0) is 12.5 Å². The Hall–Kier alpha value is -2.63. The van der Waals surface area contributed by atoms with Crippen molar-refractivity contribution in [3.8, 4) is 5.75 Å². The largest absolute Gasteiger partial charge is 0.480 e. The van der Waals surface area contributed by atoms with E-state index in [1.807, 2.05) is 43.5 Å². The number of ether oxygens (including phenoxy) is 1. The summed E-state index contributed by atoms with van der Waals surface area (Å²) >= 11 is 0. The summed E-state index contributed by atoms with van der Waals surface area (Å²) in [6.45, 7) is 3.08. The third-order valence-corrected chi connectivity index (χ3v) is 3.01. The number of hydrogen-bond acceptors (Lipinski definition) is 5. The van der Waals surface area contributed by atoms with Gasteiger partial charge in [-0.25, -0.2) is 0 Å². The maximum Gasteiger partial charge on any atom is 0.264 e. The SMILES string of the molecule is CCn1cc(OCc2nc(Cc3ccccc3)no2)cn1. The number of rotatable bonds is 6. The van der Waals surface area contributed by atoms with E-state index in [0.29, 0.717) is 23.9 Å². The Labute approximate surface area is 122 Å². The normalized spacial score (nSPS) is 10.7. The summed E-state index contributed by atoms with van der Waals surface area (Å²) in [5, 5.41) is 8.09. The van der Waals surface area contributed by atoms with Crippen LogP contribution in [0.25, 0.3) is 0 Å². The lowest BCUT2D eigenvalue weighted by Crippen LogP contribution is -1.96. The van der Waals surface area contributed by atoms with Crippen LogP contribution >= 0.6 is 0 Å². The van der Waals surface area contributed by atoms with Crippen molar-refractivity contribution in [3.05, 3.63) is 60.0 Å². The number of aryl methyl sites for hydroxylation is 1. The first kappa shape index (κ1) is 13.4. The molecule has 1 aromatic carbocycles. The van der Waals surface area contributed by atoms with Crippen molar-refractivity contribution in [2.75, 3.05) is 0 Å². The Kier molecular flexibility index (Phi) is 3.95. The molecule has 0 atom stereocenters. The van der Waals surface area contributed by atoms with Crippen LogP contribution in [-0.4, -0.2) is 19.9 Å². The van der Waals surface area contributed by atoms with Gasteiger partial charge in [0, 0.05) is 13.0 Å². The van der Waals surface area contributed by atoms with Gasteiger partial charge in [0.1, 0.15) is 0 Å². The topological polar surface area (TPSA) is 66.0 Å². The minimum Gasteiger partial charge on any atom is -0.480 e. The van der Waals surface area contributed by atoms with E-state index in [-0.39, 0.29) is 6.61 Å². The minimum atomic E-state index is 0.247. The number of nitrogens with zero attached hydrogens (tertiary/aromatic N) is 4. The first-order chi connectivity index (χ1) is 10.3. The average molecular weight is 284 g/mol. The lowest BCUT2D eigenvalue weighted by Gasteiger charge is -1.97. The molecule has 0 spiro atoms. The molecule has 3 aromatic rings. The van der Waals surface area contributed by atoms with Gasteiger partial charge in [-0.15, -0.1) is 0 Å². The molecule has 0 aliphatic heterocycles. The summed E-state index contributed by atoms with van der Waals surface area (Å²) in [6.07, 6.45) is 4.16. The molecule has 2 heterocycles. The molecule has 0 unspecified atom stereocenters. The van der Waals surface area contributed by atoms with Crippen molar-refractivity contribution >= 4 is 0 Å². The van der Waals surface area contributed by atoms with Gasteiger partial charge in [-0.1, -0.05) is 35.5 Å². The van der Waals surface area contributed by atoms with Crippen LogP contribution in [0.15, 0.2) is 47.2 Å².